The Hall–Kier alpha value is -2.08. The molecule has 126 valence electrons. The van der Waals surface area contributed by atoms with Gasteiger partial charge in [-0.25, -0.2) is 4.79 Å². The number of amides is 1. The van der Waals surface area contributed by atoms with Gasteiger partial charge in [-0.05, 0) is 32.8 Å². The minimum Gasteiger partial charge on any atom is -0.480 e. The highest BCUT2D eigenvalue weighted by atomic mass is 16.6. The van der Waals surface area contributed by atoms with Gasteiger partial charge in [0.2, 0.25) is 0 Å². The van der Waals surface area contributed by atoms with Crippen molar-refractivity contribution in [3.05, 3.63) is 35.9 Å². The number of rotatable bonds is 4. The molecule has 2 atom stereocenters. The molecule has 1 heterocycles. The van der Waals surface area contributed by atoms with E-state index in [1.807, 2.05) is 51.1 Å². The molecule has 1 fully saturated rings. The van der Waals surface area contributed by atoms with E-state index >= 15 is 0 Å². The lowest BCUT2D eigenvalue weighted by Crippen LogP contribution is -2.43. The molecule has 6 heteroatoms. The first-order chi connectivity index (χ1) is 10.8. The molecule has 0 unspecified atom stereocenters. The Balaban J connectivity index is 2.14. The maximum atomic E-state index is 12.6. The standard InChI is InChI=1S/C17H24N2O4/c1-17(2,3)23-16(22)19(11-12-7-5-4-6-8-12)13-9-14(15(20)21)18-10-13/h4-8,13-14,18H,9-11H2,1-3H3,(H,20,21)/t13-,14-/m0/s1. The van der Waals surface area contributed by atoms with Crippen molar-refractivity contribution in [2.24, 2.45) is 0 Å². The van der Waals surface area contributed by atoms with Crippen LogP contribution in [-0.2, 0) is 16.1 Å². The SMILES string of the molecule is CC(C)(C)OC(=O)N(Cc1ccccc1)[C@@H]1CN[C@H](C(=O)O)C1. The van der Waals surface area contributed by atoms with Gasteiger partial charge in [-0.2, -0.15) is 0 Å². The Morgan fingerprint density at radius 1 is 1.30 bits per heavy atom. The number of carbonyl (C=O) groups excluding carboxylic acids is 1. The molecule has 0 radical (unpaired) electrons. The van der Waals surface area contributed by atoms with Crippen molar-refractivity contribution < 1.29 is 19.4 Å². The summed E-state index contributed by atoms with van der Waals surface area (Å²) in [6, 6.07) is 8.79. The van der Waals surface area contributed by atoms with Gasteiger partial charge < -0.3 is 15.2 Å². The number of ether oxygens (including phenoxy) is 1. The minimum absolute atomic E-state index is 0.203. The number of nitrogens with one attached hydrogen (secondary N) is 1. The highest BCUT2D eigenvalue weighted by Gasteiger charge is 2.36. The van der Waals surface area contributed by atoms with Gasteiger partial charge >= 0.3 is 12.1 Å². The fourth-order valence-electron chi connectivity index (χ4n) is 2.59. The van der Waals surface area contributed by atoms with Gasteiger partial charge in [0.05, 0.1) is 0 Å². The van der Waals surface area contributed by atoms with Crippen LogP contribution in [0.15, 0.2) is 30.3 Å². The first-order valence-corrected chi connectivity index (χ1v) is 7.76. The summed E-state index contributed by atoms with van der Waals surface area (Å²) in [4.78, 5) is 25.3. The van der Waals surface area contributed by atoms with Crippen molar-refractivity contribution >= 4 is 12.1 Å². The predicted molar refractivity (Wildman–Crippen MR) is 86.1 cm³/mol. The fraction of sp³-hybridized carbons (Fsp3) is 0.529. The Labute approximate surface area is 136 Å². The van der Waals surface area contributed by atoms with Gasteiger partial charge in [0, 0.05) is 19.1 Å². The highest BCUT2D eigenvalue weighted by Crippen LogP contribution is 2.20. The Bertz CT molecular complexity index is 553. The number of benzene rings is 1. The third-order valence-corrected chi connectivity index (χ3v) is 3.67. The molecule has 23 heavy (non-hydrogen) atoms. The van der Waals surface area contributed by atoms with Gasteiger partial charge in [-0.1, -0.05) is 30.3 Å². The predicted octanol–water partition coefficient (Wildman–Crippen LogP) is 2.24. The first-order valence-electron chi connectivity index (χ1n) is 7.76. The molecule has 1 saturated heterocycles. The Morgan fingerprint density at radius 3 is 2.48 bits per heavy atom. The van der Waals surface area contributed by atoms with Gasteiger partial charge in [-0.3, -0.25) is 9.69 Å². The lowest BCUT2D eigenvalue weighted by atomic mass is 10.1. The molecular weight excluding hydrogens is 296 g/mol. The number of hydrogen-bond donors (Lipinski definition) is 2. The summed E-state index contributed by atoms with van der Waals surface area (Å²) < 4.78 is 5.49. The Kier molecular flexibility index (Phi) is 5.26. The smallest absolute Gasteiger partial charge is 0.410 e. The van der Waals surface area contributed by atoms with Gasteiger partial charge in [-0.15, -0.1) is 0 Å². The number of aliphatic carboxylic acids is 1. The second-order valence-corrected chi connectivity index (χ2v) is 6.78. The van der Waals surface area contributed by atoms with E-state index < -0.39 is 23.7 Å². The normalized spacial score (nSPS) is 21.0. The van der Waals surface area contributed by atoms with E-state index in [9.17, 15) is 9.59 Å². The first kappa shape index (κ1) is 17.3. The largest absolute Gasteiger partial charge is 0.480 e. The van der Waals surface area contributed by atoms with Crippen LogP contribution in [0, 0.1) is 0 Å². The van der Waals surface area contributed by atoms with Crippen molar-refractivity contribution in [1.82, 2.24) is 10.2 Å². The average molecular weight is 320 g/mol. The molecule has 0 bridgehead atoms. The number of carboxylic acid groups (broad SMARTS) is 1. The van der Waals surface area contributed by atoms with Crippen LogP contribution in [0.2, 0.25) is 0 Å². The molecule has 0 aromatic heterocycles. The van der Waals surface area contributed by atoms with Crippen LogP contribution in [-0.4, -0.2) is 46.3 Å². The third kappa shape index (κ3) is 4.96. The van der Waals surface area contributed by atoms with Crippen LogP contribution in [0.25, 0.3) is 0 Å². The molecule has 2 N–H and O–H groups in total. The van der Waals surface area contributed by atoms with Crippen LogP contribution in [0.5, 0.6) is 0 Å². The maximum absolute atomic E-state index is 12.6. The van der Waals surface area contributed by atoms with E-state index in [2.05, 4.69) is 5.32 Å². The molecule has 1 aliphatic rings. The maximum Gasteiger partial charge on any atom is 0.410 e. The van der Waals surface area contributed by atoms with Crippen LogP contribution in [0.4, 0.5) is 4.79 Å². The molecule has 0 spiro atoms. The molecule has 0 saturated carbocycles. The summed E-state index contributed by atoms with van der Waals surface area (Å²) in [5.41, 5.74) is 0.390. The molecule has 0 aliphatic carbocycles. The van der Waals surface area contributed by atoms with Gasteiger partial charge in [0.1, 0.15) is 11.6 Å². The summed E-state index contributed by atoms with van der Waals surface area (Å²) in [6.45, 7) is 6.30. The van der Waals surface area contributed by atoms with Crippen LogP contribution < -0.4 is 5.32 Å². The third-order valence-electron chi connectivity index (χ3n) is 3.67. The van der Waals surface area contributed by atoms with E-state index in [1.165, 1.54) is 0 Å². The van der Waals surface area contributed by atoms with Crippen molar-refractivity contribution in [3.8, 4) is 0 Å². The topological polar surface area (TPSA) is 78.9 Å². The fourth-order valence-corrected chi connectivity index (χ4v) is 2.59. The number of hydrogen-bond acceptors (Lipinski definition) is 4. The Morgan fingerprint density at radius 2 is 1.96 bits per heavy atom. The quantitative estimate of drug-likeness (QED) is 0.889. The zero-order valence-corrected chi connectivity index (χ0v) is 13.8. The zero-order chi connectivity index (χ0) is 17.0. The van der Waals surface area contributed by atoms with Crippen LogP contribution >= 0.6 is 0 Å². The van der Waals surface area contributed by atoms with E-state index in [0.717, 1.165) is 5.56 Å². The van der Waals surface area contributed by atoms with Gasteiger partial charge in [0.15, 0.2) is 0 Å². The summed E-state index contributed by atoms with van der Waals surface area (Å²) in [6.07, 6.45) is -0.0410. The highest BCUT2D eigenvalue weighted by molar-refractivity contribution is 5.74. The number of carbonyl (C=O) groups is 2. The van der Waals surface area contributed by atoms with Crippen molar-refractivity contribution in [2.75, 3.05) is 6.54 Å². The molecule has 1 aromatic carbocycles. The lowest BCUT2D eigenvalue weighted by Gasteiger charge is -2.31. The second kappa shape index (κ2) is 7.00. The van der Waals surface area contributed by atoms with E-state index in [-0.39, 0.29) is 6.04 Å². The van der Waals surface area contributed by atoms with E-state index in [1.54, 1.807) is 4.90 Å². The number of carboxylic acids is 1. The van der Waals surface area contributed by atoms with Crippen LogP contribution in [0.1, 0.15) is 32.8 Å². The minimum atomic E-state index is -0.892. The molecule has 2 rings (SSSR count). The van der Waals surface area contributed by atoms with Crippen molar-refractivity contribution in [1.29, 1.82) is 0 Å². The number of nitrogens with zero attached hydrogens (tertiary/aromatic N) is 1. The van der Waals surface area contributed by atoms with E-state index in [4.69, 9.17) is 9.84 Å². The summed E-state index contributed by atoms with van der Waals surface area (Å²) >= 11 is 0. The molecule has 6 nitrogen and oxygen atoms in total. The average Bonchev–Trinajstić information content (AvgIpc) is 2.93. The summed E-state index contributed by atoms with van der Waals surface area (Å²) in [5.74, 6) is -0.892. The van der Waals surface area contributed by atoms with Crippen molar-refractivity contribution in [2.45, 2.75) is 51.4 Å². The summed E-state index contributed by atoms with van der Waals surface area (Å²) in [5, 5.41) is 12.1. The molecular formula is C17H24N2O4. The summed E-state index contributed by atoms with van der Waals surface area (Å²) in [7, 11) is 0. The van der Waals surface area contributed by atoms with Crippen LogP contribution in [0.3, 0.4) is 0 Å². The molecule has 1 aliphatic heterocycles. The molecule has 1 amide bonds. The van der Waals surface area contributed by atoms with E-state index in [0.29, 0.717) is 19.5 Å². The van der Waals surface area contributed by atoms with Gasteiger partial charge in [0.25, 0.3) is 0 Å². The zero-order valence-electron chi connectivity index (χ0n) is 13.8. The monoisotopic (exact) mass is 320 g/mol. The second-order valence-electron chi connectivity index (χ2n) is 6.78. The molecule has 1 aromatic rings. The lowest BCUT2D eigenvalue weighted by molar-refractivity contribution is -0.139. The van der Waals surface area contributed by atoms with Crippen molar-refractivity contribution in [3.63, 3.8) is 0 Å².